The van der Waals surface area contributed by atoms with Crippen molar-refractivity contribution in [3.63, 3.8) is 0 Å². The monoisotopic (exact) mass is 375 g/mol. The lowest BCUT2D eigenvalue weighted by Gasteiger charge is -2.09. The summed E-state index contributed by atoms with van der Waals surface area (Å²) in [5.41, 5.74) is 1.34. The lowest BCUT2D eigenvalue weighted by Crippen LogP contribution is -2.32. The van der Waals surface area contributed by atoms with Gasteiger partial charge in [-0.05, 0) is 55.3 Å². The normalized spacial score (nSPS) is 13.1. The summed E-state index contributed by atoms with van der Waals surface area (Å²) in [6.07, 6.45) is 2.26. The van der Waals surface area contributed by atoms with Crippen LogP contribution in [0.25, 0.3) is 0 Å². The summed E-state index contributed by atoms with van der Waals surface area (Å²) >= 11 is 0. The Balaban J connectivity index is 1.31. The summed E-state index contributed by atoms with van der Waals surface area (Å²) in [4.78, 5) is 24.2. The lowest BCUT2D eigenvalue weighted by atomic mass is 10.2. The summed E-state index contributed by atoms with van der Waals surface area (Å²) in [5, 5.41) is 7.22. The molecule has 0 saturated heterocycles. The number of para-hydroxylation sites is 1. The molecule has 0 radical (unpaired) electrons. The Kier molecular flexibility index (Phi) is 5.19. The molecule has 28 heavy (non-hydrogen) atoms. The molecule has 2 aromatic carbocycles. The highest BCUT2D eigenvalue weighted by molar-refractivity contribution is 5.94. The zero-order valence-electron chi connectivity index (χ0n) is 15.4. The molecule has 4 rings (SSSR count). The molecule has 0 atom stereocenters. The van der Waals surface area contributed by atoms with Gasteiger partial charge in [0.2, 0.25) is 0 Å². The molecule has 1 N–H and O–H groups in total. The molecule has 1 aliphatic rings. The number of nitrogens with zero attached hydrogens (tertiary/aromatic N) is 2. The molecule has 0 bridgehead atoms. The van der Waals surface area contributed by atoms with Crippen molar-refractivity contribution >= 4 is 5.91 Å². The van der Waals surface area contributed by atoms with Crippen LogP contribution in [-0.2, 0) is 6.54 Å². The Morgan fingerprint density at radius 2 is 1.71 bits per heavy atom. The van der Waals surface area contributed by atoms with Gasteiger partial charge in [-0.3, -0.25) is 9.59 Å². The van der Waals surface area contributed by atoms with Gasteiger partial charge < -0.3 is 10.1 Å². The number of carbonyl (C=O) groups is 1. The zero-order valence-corrected chi connectivity index (χ0v) is 15.4. The van der Waals surface area contributed by atoms with Gasteiger partial charge in [0.15, 0.2) is 0 Å². The minimum Gasteiger partial charge on any atom is -0.457 e. The Hall–Kier alpha value is -3.41. The fourth-order valence-electron chi connectivity index (χ4n) is 2.90. The molecule has 6 nitrogen and oxygen atoms in total. The maximum Gasteiger partial charge on any atom is 0.266 e. The molecular formula is C22H21N3O3. The highest BCUT2D eigenvalue weighted by Gasteiger charge is 2.25. The SMILES string of the molecule is O=C(NCCn1nc(C2CC2)ccc1=O)c1ccc(Oc2ccccc2)cc1. The van der Waals surface area contributed by atoms with Crippen molar-refractivity contribution in [2.24, 2.45) is 0 Å². The van der Waals surface area contributed by atoms with Crippen LogP contribution in [0.15, 0.2) is 71.5 Å². The second-order valence-corrected chi connectivity index (χ2v) is 6.79. The van der Waals surface area contributed by atoms with E-state index < -0.39 is 0 Å². The van der Waals surface area contributed by atoms with E-state index >= 15 is 0 Å². The number of aromatic nitrogens is 2. The molecule has 0 unspecified atom stereocenters. The average Bonchev–Trinajstić information content (AvgIpc) is 3.56. The lowest BCUT2D eigenvalue weighted by molar-refractivity contribution is 0.0951. The third-order valence-corrected chi connectivity index (χ3v) is 4.59. The Morgan fingerprint density at radius 3 is 2.43 bits per heavy atom. The van der Waals surface area contributed by atoms with E-state index in [4.69, 9.17) is 4.74 Å². The summed E-state index contributed by atoms with van der Waals surface area (Å²) in [6, 6.07) is 19.8. The molecule has 1 aliphatic carbocycles. The van der Waals surface area contributed by atoms with Crippen LogP contribution >= 0.6 is 0 Å². The van der Waals surface area contributed by atoms with E-state index in [0.29, 0.717) is 30.3 Å². The van der Waals surface area contributed by atoms with E-state index in [0.717, 1.165) is 24.3 Å². The number of amides is 1. The fourth-order valence-corrected chi connectivity index (χ4v) is 2.90. The maximum atomic E-state index is 12.3. The van der Waals surface area contributed by atoms with Crippen LogP contribution in [0.4, 0.5) is 0 Å². The van der Waals surface area contributed by atoms with Crippen LogP contribution in [0.5, 0.6) is 11.5 Å². The first kappa shape index (κ1) is 18.0. The quantitative estimate of drug-likeness (QED) is 0.687. The first-order valence-electron chi connectivity index (χ1n) is 9.38. The molecule has 0 spiro atoms. The van der Waals surface area contributed by atoms with Crippen LogP contribution in [0.3, 0.4) is 0 Å². The van der Waals surface area contributed by atoms with Crippen molar-refractivity contribution < 1.29 is 9.53 Å². The van der Waals surface area contributed by atoms with Crippen LogP contribution in [0.1, 0.15) is 34.8 Å². The van der Waals surface area contributed by atoms with Gasteiger partial charge in [-0.25, -0.2) is 4.68 Å². The van der Waals surface area contributed by atoms with E-state index in [9.17, 15) is 9.59 Å². The van der Waals surface area contributed by atoms with Crippen molar-refractivity contribution in [2.45, 2.75) is 25.3 Å². The van der Waals surface area contributed by atoms with E-state index in [1.165, 1.54) is 4.68 Å². The van der Waals surface area contributed by atoms with E-state index in [1.807, 2.05) is 30.3 Å². The molecule has 142 valence electrons. The van der Waals surface area contributed by atoms with Gasteiger partial charge in [0.05, 0.1) is 12.2 Å². The molecule has 6 heteroatoms. The smallest absolute Gasteiger partial charge is 0.266 e. The molecule has 1 aromatic heterocycles. The third kappa shape index (κ3) is 4.46. The summed E-state index contributed by atoms with van der Waals surface area (Å²) in [7, 11) is 0. The summed E-state index contributed by atoms with van der Waals surface area (Å²) in [6.45, 7) is 0.683. The molecule has 0 aliphatic heterocycles. The van der Waals surface area contributed by atoms with E-state index in [1.54, 1.807) is 36.4 Å². The molecule has 1 saturated carbocycles. The minimum atomic E-state index is -0.197. The van der Waals surface area contributed by atoms with E-state index in [-0.39, 0.29) is 11.5 Å². The van der Waals surface area contributed by atoms with Crippen molar-refractivity contribution in [1.82, 2.24) is 15.1 Å². The van der Waals surface area contributed by atoms with Crippen molar-refractivity contribution in [2.75, 3.05) is 6.54 Å². The van der Waals surface area contributed by atoms with Gasteiger partial charge in [0.1, 0.15) is 11.5 Å². The topological polar surface area (TPSA) is 73.2 Å². The van der Waals surface area contributed by atoms with Gasteiger partial charge in [0, 0.05) is 24.1 Å². The fraction of sp³-hybridized carbons (Fsp3) is 0.227. The average molecular weight is 375 g/mol. The molecule has 1 amide bonds. The number of benzene rings is 2. The zero-order chi connectivity index (χ0) is 19.3. The predicted octanol–water partition coefficient (Wildman–Crippen LogP) is 3.34. The number of hydrogen-bond acceptors (Lipinski definition) is 4. The van der Waals surface area contributed by atoms with Gasteiger partial charge in [-0.1, -0.05) is 18.2 Å². The predicted molar refractivity (Wildman–Crippen MR) is 106 cm³/mol. The highest BCUT2D eigenvalue weighted by atomic mass is 16.5. The second kappa shape index (κ2) is 8.08. The molecule has 1 heterocycles. The number of ether oxygens (including phenoxy) is 1. The maximum absolute atomic E-state index is 12.3. The number of carbonyl (C=O) groups excluding carboxylic acids is 1. The van der Waals surface area contributed by atoms with Crippen molar-refractivity contribution in [3.8, 4) is 11.5 Å². The second-order valence-electron chi connectivity index (χ2n) is 6.79. The highest BCUT2D eigenvalue weighted by Crippen LogP contribution is 2.38. The summed E-state index contributed by atoms with van der Waals surface area (Å²) in [5.74, 6) is 1.69. The third-order valence-electron chi connectivity index (χ3n) is 4.59. The number of rotatable bonds is 7. The Bertz CT molecular complexity index is 1010. The minimum absolute atomic E-state index is 0.152. The van der Waals surface area contributed by atoms with Crippen LogP contribution in [-0.4, -0.2) is 22.2 Å². The van der Waals surface area contributed by atoms with Crippen molar-refractivity contribution in [3.05, 3.63) is 88.3 Å². The van der Waals surface area contributed by atoms with E-state index in [2.05, 4.69) is 10.4 Å². The molecule has 3 aromatic rings. The van der Waals surface area contributed by atoms with Crippen molar-refractivity contribution in [1.29, 1.82) is 0 Å². The van der Waals surface area contributed by atoms with Gasteiger partial charge >= 0.3 is 0 Å². The van der Waals surface area contributed by atoms with Crippen LogP contribution in [0.2, 0.25) is 0 Å². The van der Waals surface area contributed by atoms with Gasteiger partial charge in [-0.2, -0.15) is 5.10 Å². The Morgan fingerprint density at radius 1 is 1.00 bits per heavy atom. The summed E-state index contributed by atoms with van der Waals surface area (Å²) < 4.78 is 7.14. The molecular weight excluding hydrogens is 354 g/mol. The van der Waals surface area contributed by atoms with Gasteiger partial charge in [-0.15, -0.1) is 0 Å². The first-order chi connectivity index (χ1) is 13.7. The van der Waals surface area contributed by atoms with Crippen LogP contribution in [0, 0.1) is 0 Å². The molecule has 1 fully saturated rings. The van der Waals surface area contributed by atoms with Gasteiger partial charge in [0.25, 0.3) is 11.5 Å². The number of hydrogen-bond donors (Lipinski definition) is 1. The Labute approximate surface area is 162 Å². The number of nitrogens with one attached hydrogen (secondary N) is 1. The standard InChI is InChI=1S/C22H21N3O3/c26-21-13-12-20(16-6-7-16)24-25(21)15-14-23-22(27)17-8-10-19(11-9-17)28-18-4-2-1-3-5-18/h1-5,8-13,16H,6-7,14-15H2,(H,23,27). The largest absolute Gasteiger partial charge is 0.457 e. The van der Waals surface area contributed by atoms with Crippen LogP contribution < -0.4 is 15.6 Å². The first-order valence-corrected chi connectivity index (χ1v) is 9.38.